The molecule has 0 saturated carbocycles. The summed E-state index contributed by atoms with van der Waals surface area (Å²) in [6.07, 6.45) is 5.24. The summed E-state index contributed by atoms with van der Waals surface area (Å²) in [7, 11) is 0. The van der Waals surface area contributed by atoms with Crippen molar-refractivity contribution in [2.24, 2.45) is 0 Å². The van der Waals surface area contributed by atoms with Crippen molar-refractivity contribution in [2.45, 2.75) is 57.7 Å². The third-order valence-electron chi connectivity index (χ3n) is 5.05. The van der Waals surface area contributed by atoms with Gasteiger partial charge in [0.2, 0.25) is 0 Å². The van der Waals surface area contributed by atoms with Crippen molar-refractivity contribution in [1.29, 1.82) is 0 Å². The van der Waals surface area contributed by atoms with Gasteiger partial charge in [-0.15, -0.1) is 0 Å². The maximum absolute atomic E-state index is 14.3. The van der Waals surface area contributed by atoms with Crippen LogP contribution < -0.4 is 0 Å². The van der Waals surface area contributed by atoms with E-state index in [0.717, 1.165) is 44.0 Å². The maximum Gasteiger partial charge on any atom is 0.335 e. The number of hydrogen-bond acceptors (Lipinski definition) is 3. The van der Waals surface area contributed by atoms with Gasteiger partial charge in [0.1, 0.15) is 5.82 Å². The van der Waals surface area contributed by atoms with Crippen LogP contribution in [0.25, 0.3) is 0 Å². The number of carbonyl (C=O) groups is 1. The smallest absolute Gasteiger partial charge is 0.335 e. The van der Waals surface area contributed by atoms with Crippen LogP contribution in [0.3, 0.4) is 0 Å². The van der Waals surface area contributed by atoms with Crippen LogP contribution in [0.5, 0.6) is 0 Å². The quantitative estimate of drug-likeness (QED) is 0.925. The van der Waals surface area contributed by atoms with E-state index in [9.17, 15) is 9.18 Å². The average molecular weight is 321 g/mol. The summed E-state index contributed by atoms with van der Waals surface area (Å²) in [6.45, 7) is 4.39. The Labute approximate surface area is 136 Å². The fourth-order valence-electron chi connectivity index (χ4n) is 3.73. The summed E-state index contributed by atoms with van der Waals surface area (Å²) < 4.78 is 20.1. The number of ether oxygens (including phenoxy) is 1. The van der Waals surface area contributed by atoms with Gasteiger partial charge in [-0.05, 0) is 55.4 Å². The number of hydrogen-bond donors (Lipinski definition) is 1. The Bertz CT molecular complexity index is 584. The lowest BCUT2D eigenvalue weighted by atomic mass is 9.90. The Morgan fingerprint density at radius 1 is 1.43 bits per heavy atom. The number of rotatable bonds is 4. The van der Waals surface area contributed by atoms with Crippen molar-refractivity contribution in [3.8, 4) is 0 Å². The minimum atomic E-state index is -1.08. The number of halogens is 1. The fraction of sp³-hybridized carbons (Fsp3) is 0.611. The van der Waals surface area contributed by atoms with Gasteiger partial charge in [0.25, 0.3) is 0 Å². The predicted octanol–water partition coefficient (Wildman–Crippen LogP) is 3.23. The Balaban J connectivity index is 1.82. The molecule has 0 aromatic heterocycles. The molecule has 1 fully saturated rings. The number of carboxylic acid groups (broad SMARTS) is 1. The normalized spacial score (nSPS) is 25.1. The fourth-order valence-corrected chi connectivity index (χ4v) is 3.73. The zero-order chi connectivity index (χ0) is 16.4. The number of benzene rings is 1. The van der Waals surface area contributed by atoms with Gasteiger partial charge in [-0.2, -0.15) is 0 Å². The maximum atomic E-state index is 14.3. The topological polar surface area (TPSA) is 49.8 Å². The number of aromatic carboxylic acids is 1. The average Bonchev–Trinajstić information content (AvgIpc) is 2.55. The number of carboxylic acids is 1. The van der Waals surface area contributed by atoms with Gasteiger partial charge >= 0.3 is 5.97 Å². The molecule has 0 spiro atoms. The minimum Gasteiger partial charge on any atom is -0.478 e. The van der Waals surface area contributed by atoms with Crippen LogP contribution in [-0.2, 0) is 17.7 Å². The van der Waals surface area contributed by atoms with E-state index >= 15 is 0 Å². The van der Waals surface area contributed by atoms with E-state index in [1.54, 1.807) is 6.07 Å². The molecule has 0 unspecified atom stereocenters. The van der Waals surface area contributed by atoms with E-state index in [1.807, 2.05) is 0 Å². The van der Waals surface area contributed by atoms with E-state index in [2.05, 4.69) is 11.8 Å². The number of nitrogens with zero attached hydrogens (tertiary/aromatic N) is 1. The summed E-state index contributed by atoms with van der Waals surface area (Å²) >= 11 is 0. The highest BCUT2D eigenvalue weighted by Crippen LogP contribution is 2.29. The minimum absolute atomic E-state index is 0.0325. The highest BCUT2D eigenvalue weighted by atomic mass is 19.1. The van der Waals surface area contributed by atoms with E-state index in [-0.39, 0.29) is 17.5 Å². The lowest BCUT2D eigenvalue weighted by Crippen LogP contribution is -2.45. The molecule has 0 bridgehead atoms. The lowest BCUT2D eigenvalue weighted by Gasteiger charge is -2.39. The molecular weight excluding hydrogens is 297 g/mol. The summed E-state index contributed by atoms with van der Waals surface area (Å²) in [5.74, 6) is -1.46. The van der Waals surface area contributed by atoms with Gasteiger partial charge in [0.05, 0.1) is 11.7 Å². The molecule has 4 nitrogen and oxygen atoms in total. The molecule has 2 heterocycles. The van der Waals surface area contributed by atoms with Gasteiger partial charge in [0.15, 0.2) is 0 Å². The standard InChI is InChI=1S/C18H24FNO3/c1-2-14-9-16-13(7-12(18(21)22)8-17(16)19)10-20(14)11-15-5-3-4-6-23-15/h7-8,14-15H,2-6,9-11H2,1H3,(H,21,22)/t14-,15+/m0/s1. The summed E-state index contributed by atoms with van der Waals surface area (Å²) in [6, 6.07) is 3.06. The van der Waals surface area contributed by atoms with Crippen LogP contribution >= 0.6 is 0 Å². The van der Waals surface area contributed by atoms with Crippen molar-refractivity contribution in [2.75, 3.05) is 13.2 Å². The zero-order valence-corrected chi connectivity index (χ0v) is 13.6. The van der Waals surface area contributed by atoms with Crippen molar-refractivity contribution in [3.63, 3.8) is 0 Å². The SMILES string of the molecule is CC[C@H]1Cc2c(F)cc(C(=O)O)cc2CN1C[C@H]1CCCCO1. The first-order chi connectivity index (χ1) is 11.1. The molecule has 1 aromatic carbocycles. The van der Waals surface area contributed by atoms with Crippen LogP contribution in [0.4, 0.5) is 4.39 Å². The predicted molar refractivity (Wildman–Crippen MR) is 85.1 cm³/mol. The molecule has 3 rings (SSSR count). The molecule has 1 N–H and O–H groups in total. The van der Waals surface area contributed by atoms with Crippen LogP contribution in [-0.4, -0.2) is 41.3 Å². The molecule has 1 aromatic rings. The van der Waals surface area contributed by atoms with Gasteiger partial charge in [-0.3, -0.25) is 4.90 Å². The van der Waals surface area contributed by atoms with Crippen LogP contribution in [0.15, 0.2) is 12.1 Å². The van der Waals surface area contributed by atoms with Crippen LogP contribution in [0.2, 0.25) is 0 Å². The molecule has 2 aliphatic rings. The summed E-state index contributed by atoms with van der Waals surface area (Å²) in [4.78, 5) is 13.5. The molecule has 2 atom stereocenters. The number of fused-ring (bicyclic) bond motifs is 1. The molecule has 126 valence electrons. The molecule has 0 amide bonds. The van der Waals surface area contributed by atoms with Gasteiger partial charge in [-0.1, -0.05) is 6.92 Å². The van der Waals surface area contributed by atoms with E-state index in [1.165, 1.54) is 6.42 Å². The summed E-state index contributed by atoms with van der Waals surface area (Å²) in [5.41, 5.74) is 1.52. The Hall–Kier alpha value is -1.46. The first kappa shape index (κ1) is 16.4. The highest BCUT2D eigenvalue weighted by Gasteiger charge is 2.30. The van der Waals surface area contributed by atoms with Crippen LogP contribution in [0, 0.1) is 5.82 Å². The first-order valence-corrected chi connectivity index (χ1v) is 8.48. The van der Waals surface area contributed by atoms with Gasteiger partial charge < -0.3 is 9.84 Å². The molecular formula is C18H24FNO3. The van der Waals surface area contributed by atoms with E-state index in [0.29, 0.717) is 24.6 Å². The Morgan fingerprint density at radius 3 is 2.91 bits per heavy atom. The van der Waals surface area contributed by atoms with Crippen molar-refractivity contribution >= 4 is 5.97 Å². The molecule has 0 aliphatic carbocycles. The van der Waals surface area contributed by atoms with Crippen molar-refractivity contribution < 1.29 is 19.0 Å². The zero-order valence-electron chi connectivity index (χ0n) is 13.6. The molecule has 23 heavy (non-hydrogen) atoms. The highest BCUT2D eigenvalue weighted by molar-refractivity contribution is 5.88. The third kappa shape index (κ3) is 3.56. The Kier molecular flexibility index (Phi) is 4.97. The van der Waals surface area contributed by atoms with Gasteiger partial charge in [0, 0.05) is 25.7 Å². The van der Waals surface area contributed by atoms with E-state index < -0.39 is 5.97 Å². The van der Waals surface area contributed by atoms with E-state index in [4.69, 9.17) is 9.84 Å². The first-order valence-electron chi connectivity index (χ1n) is 8.48. The largest absolute Gasteiger partial charge is 0.478 e. The molecule has 1 saturated heterocycles. The molecule has 0 radical (unpaired) electrons. The van der Waals surface area contributed by atoms with Crippen LogP contribution in [0.1, 0.15) is 54.1 Å². The second-order valence-corrected chi connectivity index (χ2v) is 6.59. The van der Waals surface area contributed by atoms with Gasteiger partial charge in [-0.25, -0.2) is 9.18 Å². The Morgan fingerprint density at radius 2 is 2.26 bits per heavy atom. The third-order valence-corrected chi connectivity index (χ3v) is 5.05. The molecule has 5 heteroatoms. The lowest BCUT2D eigenvalue weighted by molar-refractivity contribution is -0.0182. The van der Waals surface area contributed by atoms with Crippen molar-refractivity contribution in [1.82, 2.24) is 4.90 Å². The summed E-state index contributed by atoms with van der Waals surface area (Å²) in [5, 5.41) is 9.14. The van der Waals surface area contributed by atoms with Crippen molar-refractivity contribution in [3.05, 3.63) is 34.6 Å². The molecule has 2 aliphatic heterocycles. The second kappa shape index (κ2) is 6.97. The second-order valence-electron chi connectivity index (χ2n) is 6.59. The monoisotopic (exact) mass is 321 g/mol.